The van der Waals surface area contributed by atoms with E-state index in [1.165, 1.54) is 0 Å². The lowest BCUT2D eigenvalue weighted by Crippen LogP contribution is -2.52. The second-order valence-electron chi connectivity index (χ2n) is 6.69. The lowest BCUT2D eigenvalue weighted by molar-refractivity contribution is 0.0488. The Balaban J connectivity index is 2.47. The molecule has 5 heteroatoms. The van der Waals surface area contributed by atoms with Crippen LogP contribution in [-0.2, 0) is 9.47 Å². The average Bonchev–Trinajstić information content (AvgIpc) is 2.72. The summed E-state index contributed by atoms with van der Waals surface area (Å²) in [6.07, 6.45) is 3.00. The molecule has 0 aromatic heterocycles. The maximum Gasteiger partial charge on any atom is 0.407 e. The molecular formula is C15H30N2O3. The number of amides is 1. The standard InChI is InChI=1S/C15H30N2O3/c1-10(11(2)19-6)16-12-8-7-9-13(12)17-14(18)20-15(3,4)5/h10-13,16H,7-9H2,1-6H3,(H,17,18). The van der Waals surface area contributed by atoms with Crippen molar-refractivity contribution in [2.24, 2.45) is 0 Å². The molecule has 0 saturated heterocycles. The number of carbonyl (C=O) groups excluding carboxylic acids is 1. The van der Waals surface area contributed by atoms with Gasteiger partial charge in [-0.05, 0) is 53.9 Å². The van der Waals surface area contributed by atoms with Crippen LogP contribution in [0.15, 0.2) is 0 Å². The second-order valence-corrected chi connectivity index (χ2v) is 6.69. The van der Waals surface area contributed by atoms with Gasteiger partial charge in [0.1, 0.15) is 5.60 Å². The van der Waals surface area contributed by atoms with Crippen molar-refractivity contribution >= 4 is 6.09 Å². The predicted molar refractivity (Wildman–Crippen MR) is 79.9 cm³/mol. The Hall–Kier alpha value is -0.810. The minimum atomic E-state index is -0.455. The summed E-state index contributed by atoms with van der Waals surface area (Å²) in [5.74, 6) is 0. The molecule has 0 heterocycles. The van der Waals surface area contributed by atoms with Crippen molar-refractivity contribution in [1.82, 2.24) is 10.6 Å². The second kappa shape index (κ2) is 7.27. The van der Waals surface area contributed by atoms with Gasteiger partial charge in [-0.3, -0.25) is 0 Å². The van der Waals surface area contributed by atoms with Crippen molar-refractivity contribution in [2.75, 3.05) is 7.11 Å². The van der Waals surface area contributed by atoms with Gasteiger partial charge in [-0.1, -0.05) is 0 Å². The van der Waals surface area contributed by atoms with Crippen molar-refractivity contribution in [1.29, 1.82) is 0 Å². The maximum absolute atomic E-state index is 11.9. The quantitative estimate of drug-likeness (QED) is 0.815. The fourth-order valence-electron chi connectivity index (χ4n) is 2.47. The van der Waals surface area contributed by atoms with Gasteiger partial charge in [0.2, 0.25) is 0 Å². The zero-order valence-electron chi connectivity index (χ0n) is 13.7. The van der Waals surface area contributed by atoms with Gasteiger partial charge in [0.05, 0.1) is 6.10 Å². The van der Waals surface area contributed by atoms with Gasteiger partial charge in [0.15, 0.2) is 0 Å². The number of hydrogen-bond acceptors (Lipinski definition) is 4. The van der Waals surface area contributed by atoms with Crippen LogP contribution in [0.3, 0.4) is 0 Å². The summed E-state index contributed by atoms with van der Waals surface area (Å²) in [6, 6.07) is 0.678. The van der Waals surface area contributed by atoms with E-state index in [9.17, 15) is 4.79 Å². The first-order chi connectivity index (χ1) is 9.23. The zero-order valence-corrected chi connectivity index (χ0v) is 13.7. The summed E-state index contributed by atoms with van der Waals surface area (Å²) in [6.45, 7) is 9.78. The Morgan fingerprint density at radius 1 is 1.20 bits per heavy atom. The monoisotopic (exact) mass is 286 g/mol. The number of carbonyl (C=O) groups is 1. The number of hydrogen-bond donors (Lipinski definition) is 2. The van der Waals surface area contributed by atoms with Gasteiger partial charge in [0.25, 0.3) is 0 Å². The molecule has 0 spiro atoms. The fraction of sp³-hybridized carbons (Fsp3) is 0.933. The van der Waals surface area contributed by atoms with Crippen LogP contribution in [0, 0.1) is 0 Å². The van der Waals surface area contributed by atoms with E-state index in [0.29, 0.717) is 0 Å². The number of nitrogens with one attached hydrogen (secondary N) is 2. The van der Waals surface area contributed by atoms with Crippen molar-refractivity contribution in [2.45, 2.75) is 83.7 Å². The molecule has 5 nitrogen and oxygen atoms in total. The van der Waals surface area contributed by atoms with E-state index in [0.717, 1.165) is 19.3 Å². The number of methoxy groups -OCH3 is 1. The average molecular weight is 286 g/mol. The highest BCUT2D eigenvalue weighted by Crippen LogP contribution is 2.21. The molecule has 0 radical (unpaired) electrons. The molecule has 1 saturated carbocycles. The molecule has 0 aliphatic heterocycles. The summed E-state index contributed by atoms with van der Waals surface area (Å²) >= 11 is 0. The minimum Gasteiger partial charge on any atom is -0.444 e. The molecule has 1 aliphatic carbocycles. The molecule has 0 aromatic rings. The first-order valence-corrected chi connectivity index (χ1v) is 7.51. The van der Waals surface area contributed by atoms with Crippen molar-refractivity contribution in [3.8, 4) is 0 Å². The van der Waals surface area contributed by atoms with E-state index in [2.05, 4.69) is 17.6 Å². The normalized spacial score (nSPS) is 26.1. The third kappa shape index (κ3) is 5.67. The van der Waals surface area contributed by atoms with Crippen LogP contribution in [0.5, 0.6) is 0 Å². The molecule has 2 N–H and O–H groups in total. The summed E-state index contributed by atoms with van der Waals surface area (Å²) < 4.78 is 10.6. The molecule has 4 unspecified atom stereocenters. The topological polar surface area (TPSA) is 59.6 Å². The van der Waals surface area contributed by atoms with E-state index in [1.807, 2.05) is 27.7 Å². The van der Waals surface area contributed by atoms with Crippen LogP contribution in [0.2, 0.25) is 0 Å². The van der Waals surface area contributed by atoms with Crippen LogP contribution in [0.25, 0.3) is 0 Å². The number of rotatable bonds is 5. The highest BCUT2D eigenvalue weighted by molar-refractivity contribution is 5.68. The Kier molecular flexibility index (Phi) is 6.27. The Labute approximate surface area is 122 Å². The van der Waals surface area contributed by atoms with E-state index in [1.54, 1.807) is 7.11 Å². The van der Waals surface area contributed by atoms with Crippen LogP contribution < -0.4 is 10.6 Å². The van der Waals surface area contributed by atoms with Gasteiger partial charge in [-0.2, -0.15) is 0 Å². The van der Waals surface area contributed by atoms with Crippen LogP contribution in [0.1, 0.15) is 53.9 Å². The molecule has 0 bridgehead atoms. The molecule has 118 valence electrons. The van der Waals surface area contributed by atoms with E-state index < -0.39 is 5.60 Å². The smallest absolute Gasteiger partial charge is 0.407 e. The largest absolute Gasteiger partial charge is 0.444 e. The van der Waals surface area contributed by atoms with E-state index in [4.69, 9.17) is 9.47 Å². The molecule has 20 heavy (non-hydrogen) atoms. The maximum atomic E-state index is 11.9. The number of ether oxygens (including phenoxy) is 2. The van der Waals surface area contributed by atoms with Gasteiger partial charge >= 0.3 is 6.09 Å². The van der Waals surface area contributed by atoms with Crippen molar-refractivity contribution in [3.63, 3.8) is 0 Å². The van der Waals surface area contributed by atoms with Crippen LogP contribution in [0.4, 0.5) is 4.79 Å². The molecular weight excluding hydrogens is 256 g/mol. The van der Waals surface area contributed by atoms with Crippen molar-refractivity contribution < 1.29 is 14.3 Å². The zero-order chi connectivity index (χ0) is 15.3. The fourth-order valence-corrected chi connectivity index (χ4v) is 2.47. The summed E-state index contributed by atoms with van der Waals surface area (Å²) in [5.41, 5.74) is -0.455. The minimum absolute atomic E-state index is 0.136. The van der Waals surface area contributed by atoms with Crippen LogP contribution >= 0.6 is 0 Å². The summed E-state index contributed by atoms with van der Waals surface area (Å²) in [4.78, 5) is 11.9. The molecule has 1 aliphatic rings. The van der Waals surface area contributed by atoms with Gasteiger partial charge in [-0.25, -0.2) is 4.79 Å². The molecule has 4 atom stereocenters. The highest BCUT2D eigenvalue weighted by Gasteiger charge is 2.31. The Bertz CT molecular complexity index is 315. The highest BCUT2D eigenvalue weighted by atomic mass is 16.6. The third-order valence-corrected chi connectivity index (χ3v) is 3.77. The first kappa shape index (κ1) is 17.2. The van der Waals surface area contributed by atoms with Gasteiger partial charge in [0, 0.05) is 25.2 Å². The van der Waals surface area contributed by atoms with Gasteiger partial charge in [-0.15, -0.1) is 0 Å². The molecule has 0 aromatic carbocycles. The lowest BCUT2D eigenvalue weighted by atomic mass is 10.1. The molecule has 1 fully saturated rings. The Morgan fingerprint density at radius 3 is 2.35 bits per heavy atom. The van der Waals surface area contributed by atoms with Gasteiger partial charge < -0.3 is 20.1 Å². The SMILES string of the molecule is COC(C)C(C)NC1CCCC1NC(=O)OC(C)(C)C. The summed E-state index contributed by atoms with van der Waals surface area (Å²) in [7, 11) is 1.72. The third-order valence-electron chi connectivity index (χ3n) is 3.77. The molecule has 1 rings (SSSR count). The predicted octanol–water partition coefficient (Wildman–Crippen LogP) is 2.45. The van der Waals surface area contributed by atoms with Crippen molar-refractivity contribution in [3.05, 3.63) is 0 Å². The van der Waals surface area contributed by atoms with Crippen LogP contribution in [-0.4, -0.2) is 43.0 Å². The Morgan fingerprint density at radius 2 is 1.80 bits per heavy atom. The van der Waals surface area contributed by atoms with E-state index in [-0.39, 0.29) is 30.3 Å². The number of alkyl carbamates (subject to hydrolysis) is 1. The molecule has 1 amide bonds. The lowest BCUT2D eigenvalue weighted by Gasteiger charge is -2.29. The van der Waals surface area contributed by atoms with E-state index >= 15 is 0 Å². The summed E-state index contributed by atoms with van der Waals surface area (Å²) in [5, 5.41) is 6.54. The first-order valence-electron chi connectivity index (χ1n) is 7.51.